The number of pyridine rings is 1. The number of nitrogens with two attached hydrogens (primary N) is 1. The molecule has 0 aliphatic heterocycles. The number of aliphatic imine (C=N–C) groups is 1. The minimum Gasteiger partial charge on any atom is -0.478 e. The molecule has 0 saturated heterocycles. The van der Waals surface area contributed by atoms with Crippen molar-refractivity contribution >= 4 is 5.96 Å². The molecule has 3 N–H and O–H groups in total. The first-order chi connectivity index (χ1) is 9.61. The lowest BCUT2D eigenvalue weighted by Gasteiger charge is -2.07. The zero-order chi connectivity index (χ0) is 14.8. The highest BCUT2D eigenvalue weighted by atomic mass is 16.5. The van der Waals surface area contributed by atoms with Gasteiger partial charge in [-0.2, -0.15) is 0 Å². The maximum Gasteiger partial charge on any atom is 0.213 e. The maximum atomic E-state index is 5.80. The molecule has 0 aliphatic carbocycles. The Kier molecular flexibility index (Phi) is 7.47. The number of ether oxygens (including phenoxy) is 1. The van der Waals surface area contributed by atoms with Gasteiger partial charge in [-0.1, -0.05) is 26.8 Å². The van der Waals surface area contributed by atoms with Crippen molar-refractivity contribution in [1.82, 2.24) is 10.3 Å². The third kappa shape index (κ3) is 6.97. The second kappa shape index (κ2) is 9.18. The van der Waals surface area contributed by atoms with Crippen LogP contribution < -0.4 is 15.8 Å². The maximum absolute atomic E-state index is 5.80. The summed E-state index contributed by atoms with van der Waals surface area (Å²) in [4.78, 5) is 8.51. The minimum absolute atomic E-state index is 0.483. The summed E-state index contributed by atoms with van der Waals surface area (Å²) < 4.78 is 5.43. The highest BCUT2D eigenvalue weighted by Crippen LogP contribution is 2.08. The molecule has 0 amide bonds. The molecule has 5 nitrogen and oxygen atoms in total. The second-order valence-electron chi connectivity index (χ2n) is 5.16. The van der Waals surface area contributed by atoms with Gasteiger partial charge in [0.2, 0.25) is 5.88 Å². The smallest absolute Gasteiger partial charge is 0.213 e. The van der Waals surface area contributed by atoms with E-state index >= 15 is 0 Å². The molecule has 112 valence electrons. The van der Waals surface area contributed by atoms with Gasteiger partial charge in [-0.15, -0.1) is 0 Å². The van der Waals surface area contributed by atoms with E-state index in [-0.39, 0.29) is 0 Å². The van der Waals surface area contributed by atoms with E-state index in [1.165, 1.54) is 0 Å². The van der Waals surface area contributed by atoms with Crippen LogP contribution in [0.5, 0.6) is 5.88 Å². The van der Waals surface area contributed by atoms with Crippen molar-refractivity contribution < 1.29 is 4.74 Å². The molecule has 1 rings (SSSR count). The molecule has 1 aromatic rings. The molecular weight excluding hydrogens is 252 g/mol. The topological polar surface area (TPSA) is 72.5 Å². The summed E-state index contributed by atoms with van der Waals surface area (Å²) >= 11 is 0. The molecule has 1 aromatic heterocycles. The fourth-order valence-corrected chi connectivity index (χ4v) is 1.52. The first-order valence-corrected chi connectivity index (χ1v) is 7.23. The van der Waals surface area contributed by atoms with Gasteiger partial charge in [-0.25, -0.2) is 9.98 Å². The first kappa shape index (κ1) is 16.3. The van der Waals surface area contributed by atoms with Gasteiger partial charge in [0.15, 0.2) is 5.96 Å². The third-order valence-electron chi connectivity index (χ3n) is 2.71. The quantitative estimate of drug-likeness (QED) is 0.565. The van der Waals surface area contributed by atoms with Crippen LogP contribution in [-0.2, 0) is 6.54 Å². The summed E-state index contributed by atoms with van der Waals surface area (Å²) in [5.41, 5.74) is 6.81. The monoisotopic (exact) mass is 278 g/mol. The van der Waals surface area contributed by atoms with Crippen molar-refractivity contribution in [3.05, 3.63) is 23.9 Å². The van der Waals surface area contributed by atoms with Crippen LogP contribution in [0.25, 0.3) is 0 Å². The van der Waals surface area contributed by atoms with Gasteiger partial charge in [0.05, 0.1) is 13.2 Å². The normalized spacial score (nSPS) is 11.7. The zero-order valence-corrected chi connectivity index (χ0v) is 12.7. The number of nitrogens with zero attached hydrogens (tertiary/aromatic N) is 2. The van der Waals surface area contributed by atoms with E-state index in [0.717, 1.165) is 24.9 Å². The molecule has 20 heavy (non-hydrogen) atoms. The molecule has 0 bridgehead atoms. The van der Waals surface area contributed by atoms with E-state index in [4.69, 9.17) is 10.5 Å². The lowest BCUT2D eigenvalue weighted by Crippen LogP contribution is -2.32. The Morgan fingerprint density at radius 2 is 2.25 bits per heavy atom. The molecule has 5 heteroatoms. The number of rotatable bonds is 8. The summed E-state index contributed by atoms with van der Waals surface area (Å²) in [6.45, 7) is 8.51. The third-order valence-corrected chi connectivity index (χ3v) is 2.71. The minimum atomic E-state index is 0.483. The molecular formula is C15H26N4O. The van der Waals surface area contributed by atoms with Crippen LogP contribution in [-0.4, -0.2) is 24.1 Å². The predicted octanol–water partition coefficient (Wildman–Crippen LogP) is 2.32. The van der Waals surface area contributed by atoms with Crippen molar-refractivity contribution in [2.45, 2.75) is 40.2 Å². The number of hydrogen-bond donors (Lipinski definition) is 2. The Balaban J connectivity index is 2.36. The highest BCUT2D eigenvalue weighted by molar-refractivity contribution is 5.77. The number of guanidine groups is 1. The van der Waals surface area contributed by atoms with Crippen LogP contribution >= 0.6 is 0 Å². The van der Waals surface area contributed by atoms with E-state index < -0.39 is 0 Å². The van der Waals surface area contributed by atoms with Crippen LogP contribution in [0.2, 0.25) is 0 Å². The van der Waals surface area contributed by atoms with Gasteiger partial charge in [-0.3, -0.25) is 0 Å². The summed E-state index contributed by atoms with van der Waals surface area (Å²) in [6.07, 6.45) is 3.84. The van der Waals surface area contributed by atoms with Crippen LogP contribution in [0.1, 0.15) is 39.2 Å². The zero-order valence-electron chi connectivity index (χ0n) is 12.7. The first-order valence-electron chi connectivity index (χ1n) is 7.23. The van der Waals surface area contributed by atoms with Gasteiger partial charge >= 0.3 is 0 Å². The van der Waals surface area contributed by atoms with Gasteiger partial charge < -0.3 is 15.8 Å². The Morgan fingerprint density at radius 3 is 2.85 bits per heavy atom. The van der Waals surface area contributed by atoms with Crippen LogP contribution in [0.4, 0.5) is 0 Å². The molecule has 0 spiro atoms. The Hall–Kier alpha value is -1.78. The van der Waals surface area contributed by atoms with E-state index in [1.807, 2.05) is 12.1 Å². The molecule has 0 unspecified atom stereocenters. The molecule has 0 fully saturated rings. The molecule has 0 radical (unpaired) electrons. The van der Waals surface area contributed by atoms with Gasteiger partial charge in [0.25, 0.3) is 0 Å². The summed E-state index contributed by atoms with van der Waals surface area (Å²) in [5, 5.41) is 3.11. The van der Waals surface area contributed by atoms with Crippen molar-refractivity contribution in [2.24, 2.45) is 16.6 Å². The second-order valence-corrected chi connectivity index (χ2v) is 5.16. The fourth-order valence-electron chi connectivity index (χ4n) is 1.52. The summed E-state index contributed by atoms with van der Waals surface area (Å²) in [7, 11) is 0. The van der Waals surface area contributed by atoms with Crippen molar-refractivity contribution in [1.29, 1.82) is 0 Å². The van der Waals surface area contributed by atoms with E-state index in [2.05, 4.69) is 36.1 Å². The van der Waals surface area contributed by atoms with E-state index in [1.54, 1.807) is 6.20 Å². The lowest BCUT2D eigenvalue weighted by molar-refractivity contribution is 0.305. The van der Waals surface area contributed by atoms with Crippen LogP contribution in [0.3, 0.4) is 0 Å². The van der Waals surface area contributed by atoms with Crippen LogP contribution in [0, 0.1) is 5.92 Å². The Labute approximate surface area is 121 Å². The average Bonchev–Trinajstić information content (AvgIpc) is 2.43. The lowest BCUT2D eigenvalue weighted by atomic mass is 10.1. The fraction of sp³-hybridized carbons (Fsp3) is 0.600. The van der Waals surface area contributed by atoms with E-state index in [0.29, 0.717) is 30.9 Å². The standard InChI is InChI=1S/C15H26N4O/c1-4-9-20-14-6-5-13(10-18-14)11-19-15(16)17-8-7-12(2)3/h5-6,10,12H,4,7-9,11H2,1-3H3,(H3,16,17,19). The van der Waals surface area contributed by atoms with E-state index in [9.17, 15) is 0 Å². The van der Waals surface area contributed by atoms with Gasteiger partial charge in [-0.05, 0) is 24.3 Å². The molecule has 0 aliphatic rings. The van der Waals surface area contributed by atoms with Crippen molar-refractivity contribution in [3.8, 4) is 5.88 Å². The van der Waals surface area contributed by atoms with Crippen molar-refractivity contribution in [2.75, 3.05) is 13.2 Å². The molecule has 0 atom stereocenters. The number of aromatic nitrogens is 1. The number of nitrogens with one attached hydrogen (secondary N) is 1. The molecule has 0 aromatic carbocycles. The van der Waals surface area contributed by atoms with Gasteiger partial charge in [0.1, 0.15) is 0 Å². The highest BCUT2D eigenvalue weighted by Gasteiger charge is 1.98. The average molecular weight is 278 g/mol. The van der Waals surface area contributed by atoms with Gasteiger partial charge in [0, 0.05) is 18.8 Å². The Bertz CT molecular complexity index is 401. The summed E-state index contributed by atoms with van der Waals surface area (Å²) in [6, 6.07) is 3.83. The summed E-state index contributed by atoms with van der Waals surface area (Å²) in [5.74, 6) is 1.80. The number of hydrogen-bond acceptors (Lipinski definition) is 3. The van der Waals surface area contributed by atoms with Crippen LogP contribution in [0.15, 0.2) is 23.3 Å². The SMILES string of the molecule is CCCOc1ccc(CN=C(N)NCCC(C)C)cn1. The van der Waals surface area contributed by atoms with Crippen molar-refractivity contribution in [3.63, 3.8) is 0 Å². The molecule has 0 saturated carbocycles. The molecule has 1 heterocycles. The largest absolute Gasteiger partial charge is 0.478 e. The predicted molar refractivity (Wildman–Crippen MR) is 82.8 cm³/mol. The Morgan fingerprint density at radius 1 is 1.45 bits per heavy atom.